The number of rotatable bonds is 2. The minimum Gasteiger partial charge on any atom is -0.306 e. The monoisotopic (exact) mass is 234 g/mol. The molecule has 0 unspecified atom stereocenters. The van der Waals surface area contributed by atoms with Crippen LogP contribution >= 0.6 is 11.3 Å². The molecule has 1 N–H and O–H groups in total. The lowest BCUT2D eigenvalue weighted by atomic mass is 10.0. The van der Waals surface area contributed by atoms with Gasteiger partial charge in [-0.05, 0) is 24.3 Å². The van der Waals surface area contributed by atoms with Gasteiger partial charge in [-0.3, -0.25) is 4.79 Å². The molecule has 0 radical (unpaired) electrons. The number of hydrogen-bond donors (Lipinski definition) is 1. The molecular weight excluding hydrogens is 220 g/mol. The lowest BCUT2D eigenvalue weighted by Crippen LogP contribution is -2.18. The fourth-order valence-corrected chi connectivity index (χ4v) is 2.47. The highest BCUT2D eigenvalue weighted by Crippen LogP contribution is 2.21. The van der Waals surface area contributed by atoms with E-state index in [-0.39, 0.29) is 11.5 Å². The normalized spacial score (nSPS) is 11.0. The molecule has 0 amide bonds. The van der Waals surface area contributed by atoms with Crippen LogP contribution in [-0.4, -0.2) is 9.97 Å². The molecule has 2 heterocycles. The summed E-state index contributed by atoms with van der Waals surface area (Å²) >= 11 is 1.58. The van der Waals surface area contributed by atoms with E-state index in [4.69, 9.17) is 0 Å². The Labute approximate surface area is 98.2 Å². The third-order valence-electron chi connectivity index (χ3n) is 2.48. The summed E-state index contributed by atoms with van der Waals surface area (Å²) in [5.74, 6) is 0.871. The van der Waals surface area contributed by atoms with Crippen molar-refractivity contribution in [1.82, 2.24) is 9.97 Å². The van der Waals surface area contributed by atoms with E-state index >= 15 is 0 Å². The summed E-state index contributed by atoms with van der Waals surface area (Å²) in [6, 6.07) is 3.91. The largest absolute Gasteiger partial charge is 0.306 e. The molecule has 16 heavy (non-hydrogen) atoms. The molecule has 0 fully saturated rings. The van der Waals surface area contributed by atoms with Crippen LogP contribution in [0.3, 0.4) is 0 Å². The van der Waals surface area contributed by atoms with Gasteiger partial charge in [-0.25, -0.2) is 4.98 Å². The van der Waals surface area contributed by atoms with Gasteiger partial charge in [0.1, 0.15) is 5.82 Å². The van der Waals surface area contributed by atoms with Gasteiger partial charge in [0.05, 0.1) is 4.88 Å². The molecule has 0 saturated carbocycles. The van der Waals surface area contributed by atoms with Crippen LogP contribution in [0.25, 0.3) is 10.7 Å². The average Bonchev–Trinajstić information content (AvgIpc) is 2.67. The van der Waals surface area contributed by atoms with Gasteiger partial charge >= 0.3 is 0 Å². The Balaban J connectivity index is 2.58. The molecule has 0 saturated heterocycles. The lowest BCUT2D eigenvalue weighted by Gasteiger charge is -2.08. The van der Waals surface area contributed by atoms with E-state index in [1.807, 2.05) is 38.3 Å². The first-order chi connectivity index (χ1) is 7.59. The number of nitrogens with one attached hydrogen (secondary N) is 1. The van der Waals surface area contributed by atoms with Crippen molar-refractivity contribution in [2.24, 2.45) is 0 Å². The van der Waals surface area contributed by atoms with Gasteiger partial charge in [-0.2, -0.15) is 0 Å². The lowest BCUT2D eigenvalue weighted by molar-refractivity contribution is 0.815. The number of aromatic amines is 1. The molecule has 4 heteroatoms. The SMILES string of the molecule is Cc1nc(-c2cccs2)[nH]c(=O)c1C(C)C. The van der Waals surface area contributed by atoms with Gasteiger partial charge in [0.15, 0.2) is 0 Å². The zero-order valence-corrected chi connectivity index (χ0v) is 10.4. The Bertz CT molecular complexity index is 541. The molecule has 0 bridgehead atoms. The third-order valence-corrected chi connectivity index (χ3v) is 3.35. The highest BCUT2D eigenvalue weighted by molar-refractivity contribution is 7.13. The molecule has 0 spiro atoms. The number of nitrogens with zero attached hydrogens (tertiary/aromatic N) is 1. The first-order valence-electron chi connectivity index (χ1n) is 5.24. The maximum atomic E-state index is 11.9. The van der Waals surface area contributed by atoms with Crippen molar-refractivity contribution in [3.8, 4) is 10.7 Å². The molecule has 0 aliphatic carbocycles. The van der Waals surface area contributed by atoms with Crippen LogP contribution in [-0.2, 0) is 0 Å². The van der Waals surface area contributed by atoms with Crippen molar-refractivity contribution in [2.45, 2.75) is 26.7 Å². The summed E-state index contributed by atoms with van der Waals surface area (Å²) < 4.78 is 0. The van der Waals surface area contributed by atoms with Crippen LogP contribution in [0.4, 0.5) is 0 Å². The first-order valence-corrected chi connectivity index (χ1v) is 6.12. The maximum absolute atomic E-state index is 11.9. The van der Waals surface area contributed by atoms with Crippen molar-refractivity contribution in [3.63, 3.8) is 0 Å². The van der Waals surface area contributed by atoms with Gasteiger partial charge in [0, 0.05) is 11.3 Å². The minimum atomic E-state index is -0.0223. The zero-order chi connectivity index (χ0) is 11.7. The molecule has 2 aromatic rings. The molecule has 3 nitrogen and oxygen atoms in total. The van der Waals surface area contributed by atoms with E-state index < -0.39 is 0 Å². The zero-order valence-electron chi connectivity index (χ0n) is 9.57. The van der Waals surface area contributed by atoms with Crippen LogP contribution in [0.1, 0.15) is 31.0 Å². The van der Waals surface area contributed by atoms with Crippen molar-refractivity contribution >= 4 is 11.3 Å². The maximum Gasteiger partial charge on any atom is 0.254 e. The number of aryl methyl sites for hydroxylation is 1. The van der Waals surface area contributed by atoms with E-state index in [0.717, 1.165) is 16.1 Å². The van der Waals surface area contributed by atoms with Crippen LogP contribution in [0.2, 0.25) is 0 Å². The summed E-state index contributed by atoms with van der Waals surface area (Å²) in [4.78, 5) is 20.2. The van der Waals surface area contributed by atoms with E-state index in [0.29, 0.717) is 5.82 Å². The second-order valence-electron chi connectivity index (χ2n) is 4.05. The average molecular weight is 234 g/mol. The Morgan fingerprint density at radius 2 is 2.19 bits per heavy atom. The Morgan fingerprint density at radius 3 is 2.69 bits per heavy atom. The van der Waals surface area contributed by atoms with Crippen LogP contribution in [0.15, 0.2) is 22.3 Å². The molecule has 2 rings (SSSR count). The van der Waals surface area contributed by atoms with Crippen molar-refractivity contribution in [2.75, 3.05) is 0 Å². The van der Waals surface area contributed by atoms with Gasteiger partial charge < -0.3 is 4.98 Å². The number of aromatic nitrogens is 2. The first kappa shape index (κ1) is 11.1. The minimum absolute atomic E-state index is 0.0223. The summed E-state index contributed by atoms with van der Waals surface area (Å²) in [7, 11) is 0. The van der Waals surface area contributed by atoms with Gasteiger partial charge in [0.2, 0.25) is 0 Å². The quantitative estimate of drug-likeness (QED) is 0.868. The van der Waals surface area contributed by atoms with Crippen LogP contribution in [0.5, 0.6) is 0 Å². The predicted octanol–water partition coefficient (Wildman–Crippen LogP) is 2.93. The van der Waals surface area contributed by atoms with Gasteiger partial charge in [0.25, 0.3) is 5.56 Å². The van der Waals surface area contributed by atoms with Crippen molar-refractivity contribution in [3.05, 3.63) is 39.1 Å². The molecule has 0 aliphatic rings. The summed E-state index contributed by atoms with van der Waals surface area (Å²) in [5.41, 5.74) is 1.58. The van der Waals surface area contributed by atoms with E-state index in [1.54, 1.807) is 11.3 Å². The van der Waals surface area contributed by atoms with Crippen molar-refractivity contribution < 1.29 is 0 Å². The third kappa shape index (κ3) is 1.93. The highest BCUT2D eigenvalue weighted by atomic mass is 32.1. The number of H-pyrrole nitrogens is 1. The summed E-state index contributed by atoms with van der Waals surface area (Å²) in [6.45, 7) is 5.90. The van der Waals surface area contributed by atoms with Crippen molar-refractivity contribution in [1.29, 1.82) is 0 Å². The van der Waals surface area contributed by atoms with E-state index in [2.05, 4.69) is 9.97 Å². The molecule has 0 aromatic carbocycles. The number of hydrogen-bond acceptors (Lipinski definition) is 3. The number of thiophene rings is 1. The van der Waals surface area contributed by atoms with E-state index in [9.17, 15) is 4.79 Å². The highest BCUT2D eigenvalue weighted by Gasteiger charge is 2.12. The van der Waals surface area contributed by atoms with Crippen LogP contribution in [0, 0.1) is 6.92 Å². The fourth-order valence-electron chi connectivity index (χ4n) is 1.81. The Hall–Kier alpha value is -1.42. The summed E-state index contributed by atoms with van der Waals surface area (Å²) in [6.07, 6.45) is 0. The fraction of sp³-hybridized carbons (Fsp3) is 0.333. The predicted molar refractivity (Wildman–Crippen MR) is 67.0 cm³/mol. The van der Waals surface area contributed by atoms with Gasteiger partial charge in [-0.1, -0.05) is 19.9 Å². The standard InChI is InChI=1S/C12H14N2OS/c1-7(2)10-8(3)13-11(14-12(10)15)9-5-4-6-16-9/h4-7H,1-3H3,(H,13,14,15). The second-order valence-corrected chi connectivity index (χ2v) is 4.99. The molecular formula is C12H14N2OS. The smallest absolute Gasteiger partial charge is 0.254 e. The molecule has 84 valence electrons. The van der Waals surface area contributed by atoms with E-state index in [1.165, 1.54) is 0 Å². The molecule has 0 aliphatic heterocycles. The summed E-state index contributed by atoms with van der Waals surface area (Å²) in [5, 5.41) is 1.97. The molecule has 2 aromatic heterocycles. The molecule has 0 atom stereocenters. The van der Waals surface area contributed by atoms with Gasteiger partial charge in [-0.15, -0.1) is 11.3 Å². The topological polar surface area (TPSA) is 45.8 Å². The second kappa shape index (κ2) is 4.22. The Kier molecular flexibility index (Phi) is 2.92. The van der Waals surface area contributed by atoms with Crippen LogP contribution < -0.4 is 5.56 Å². The Morgan fingerprint density at radius 1 is 1.44 bits per heavy atom.